The van der Waals surface area contributed by atoms with Gasteiger partial charge in [-0.1, -0.05) is 36.8 Å². The zero-order valence-electron chi connectivity index (χ0n) is 14.8. The molecule has 0 spiro atoms. The van der Waals surface area contributed by atoms with E-state index in [1.165, 1.54) is 4.88 Å². The quantitative estimate of drug-likeness (QED) is 0.684. The molecule has 1 N–H and O–H groups in total. The maximum atomic E-state index is 12.7. The number of nitriles is 1. The van der Waals surface area contributed by atoms with Gasteiger partial charge in [0.2, 0.25) is 0 Å². The SMILES string of the molecule is Cc1cccc(/C=C(/C#N)c2nc3sc4c(c3c(=O)[nH]2)CC[C@@H](C)C4)c1. The summed E-state index contributed by atoms with van der Waals surface area (Å²) in [7, 11) is 0. The fraction of sp³-hybridized carbons (Fsp3) is 0.286. The Bertz CT molecular complexity index is 1130. The molecule has 1 aliphatic carbocycles. The number of fused-ring (bicyclic) bond motifs is 3. The first-order chi connectivity index (χ1) is 12.5. The van der Waals surface area contributed by atoms with Gasteiger partial charge in [0.15, 0.2) is 5.82 Å². The molecular weight excluding hydrogens is 342 g/mol. The van der Waals surface area contributed by atoms with Crippen molar-refractivity contribution in [3.05, 3.63) is 62.0 Å². The lowest BCUT2D eigenvalue weighted by Gasteiger charge is -2.17. The average Bonchev–Trinajstić information content (AvgIpc) is 2.97. The topological polar surface area (TPSA) is 69.5 Å². The maximum Gasteiger partial charge on any atom is 0.260 e. The highest BCUT2D eigenvalue weighted by Gasteiger charge is 2.23. The molecule has 130 valence electrons. The number of hydrogen-bond donors (Lipinski definition) is 1. The van der Waals surface area contributed by atoms with Gasteiger partial charge in [0, 0.05) is 4.88 Å². The highest BCUT2D eigenvalue weighted by molar-refractivity contribution is 7.18. The number of nitrogens with zero attached hydrogens (tertiary/aromatic N) is 2. The van der Waals surface area contributed by atoms with Crippen LogP contribution in [0.4, 0.5) is 0 Å². The summed E-state index contributed by atoms with van der Waals surface area (Å²) in [5, 5.41) is 10.3. The normalized spacial score (nSPS) is 17.1. The second-order valence-electron chi connectivity index (χ2n) is 7.03. The number of allylic oxidation sites excluding steroid dienone is 1. The number of thiophene rings is 1. The molecule has 2 aromatic heterocycles. The number of benzene rings is 1. The van der Waals surface area contributed by atoms with Crippen molar-refractivity contribution in [3.63, 3.8) is 0 Å². The Balaban J connectivity index is 1.84. The summed E-state index contributed by atoms with van der Waals surface area (Å²) < 4.78 is 0. The lowest BCUT2D eigenvalue weighted by atomic mass is 9.89. The molecule has 0 unspecified atom stereocenters. The summed E-state index contributed by atoms with van der Waals surface area (Å²) >= 11 is 1.60. The maximum absolute atomic E-state index is 12.7. The number of nitrogens with one attached hydrogen (secondary N) is 1. The smallest absolute Gasteiger partial charge is 0.260 e. The molecule has 0 saturated carbocycles. The van der Waals surface area contributed by atoms with E-state index in [2.05, 4.69) is 23.0 Å². The first-order valence-corrected chi connectivity index (χ1v) is 9.60. The Morgan fingerprint density at radius 2 is 2.31 bits per heavy atom. The van der Waals surface area contributed by atoms with Crippen molar-refractivity contribution >= 4 is 33.2 Å². The van der Waals surface area contributed by atoms with Crippen LogP contribution in [0.25, 0.3) is 21.9 Å². The van der Waals surface area contributed by atoms with E-state index in [0.29, 0.717) is 22.7 Å². The van der Waals surface area contributed by atoms with Crippen LogP contribution >= 0.6 is 11.3 Å². The van der Waals surface area contributed by atoms with E-state index < -0.39 is 0 Å². The van der Waals surface area contributed by atoms with Crippen molar-refractivity contribution in [2.75, 3.05) is 0 Å². The third-order valence-electron chi connectivity index (χ3n) is 4.89. The summed E-state index contributed by atoms with van der Waals surface area (Å²) in [6, 6.07) is 10.1. The third-order valence-corrected chi connectivity index (χ3v) is 6.04. The molecule has 4 rings (SSSR count). The molecule has 0 aliphatic heterocycles. The number of rotatable bonds is 2. The molecule has 26 heavy (non-hydrogen) atoms. The zero-order valence-corrected chi connectivity index (χ0v) is 15.6. The minimum Gasteiger partial charge on any atom is -0.305 e. The largest absolute Gasteiger partial charge is 0.305 e. The molecule has 2 heterocycles. The molecule has 1 atom stereocenters. The first kappa shape index (κ1) is 16.7. The van der Waals surface area contributed by atoms with Crippen molar-refractivity contribution in [3.8, 4) is 6.07 Å². The molecule has 3 aromatic rings. The van der Waals surface area contributed by atoms with Crippen LogP contribution < -0.4 is 5.56 Å². The van der Waals surface area contributed by atoms with Crippen LogP contribution in [0, 0.1) is 24.2 Å². The van der Waals surface area contributed by atoms with E-state index in [-0.39, 0.29) is 5.56 Å². The minimum atomic E-state index is -0.137. The van der Waals surface area contributed by atoms with Crippen molar-refractivity contribution in [2.45, 2.75) is 33.1 Å². The Hall–Kier alpha value is -2.71. The second-order valence-corrected chi connectivity index (χ2v) is 8.11. The lowest BCUT2D eigenvalue weighted by molar-refractivity contribution is 0.509. The molecule has 1 aliphatic rings. The van der Waals surface area contributed by atoms with E-state index in [4.69, 9.17) is 0 Å². The summed E-state index contributed by atoms with van der Waals surface area (Å²) in [5.74, 6) is 0.989. The molecule has 0 fully saturated rings. The number of aryl methyl sites for hydroxylation is 2. The monoisotopic (exact) mass is 361 g/mol. The minimum absolute atomic E-state index is 0.137. The molecule has 4 nitrogen and oxygen atoms in total. The molecule has 1 aromatic carbocycles. The fourth-order valence-corrected chi connectivity index (χ4v) is 4.94. The summed E-state index contributed by atoms with van der Waals surface area (Å²) in [6.45, 7) is 4.25. The van der Waals surface area contributed by atoms with Gasteiger partial charge in [-0.05, 0) is 49.3 Å². The van der Waals surface area contributed by atoms with Crippen LogP contribution in [0.15, 0.2) is 29.1 Å². The number of hydrogen-bond acceptors (Lipinski definition) is 4. The van der Waals surface area contributed by atoms with E-state index >= 15 is 0 Å². The van der Waals surface area contributed by atoms with Gasteiger partial charge in [-0.15, -0.1) is 11.3 Å². The number of aromatic nitrogens is 2. The molecule has 5 heteroatoms. The van der Waals surface area contributed by atoms with Crippen LogP contribution in [0.2, 0.25) is 0 Å². The van der Waals surface area contributed by atoms with Gasteiger partial charge in [-0.25, -0.2) is 4.98 Å². The highest BCUT2D eigenvalue weighted by atomic mass is 32.1. The Labute approximate surface area is 155 Å². The summed E-state index contributed by atoms with van der Waals surface area (Å²) in [5.41, 5.74) is 3.43. The van der Waals surface area contributed by atoms with Crippen molar-refractivity contribution in [1.82, 2.24) is 9.97 Å². The molecule has 0 saturated heterocycles. The van der Waals surface area contributed by atoms with Crippen molar-refractivity contribution in [2.24, 2.45) is 5.92 Å². The summed E-state index contributed by atoms with van der Waals surface area (Å²) in [4.78, 5) is 22.2. The van der Waals surface area contributed by atoms with Gasteiger partial charge < -0.3 is 4.98 Å². The van der Waals surface area contributed by atoms with E-state index in [1.807, 2.05) is 31.2 Å². The first-order valence-electron chi connectivity index (χ1n) is 8.78. The third kappa shape index (κ3) is 2.97. The van der Waals surface area contributed by atoms with Gasteiger partial charge >= 0.3 is 0 Å². The van der Waals surface area contributed by atoms with Crippen molar-refractivity contribution < 1.29 is 0 Å². The lowest BCUT2D eigenvalue weighted by Crippen LogP contribution is -2.14. The van der Waals surface area contributed by atoms with E-state index in [0.717, 1.165) is 40.8 Å². The number of H-pyrrole nitrogens is 1. The summed E-state index contributed by atoms with van der Waals surface area (Å²) in [6.07, 6.45) is 4.82. The average molecular weight is 361 g/mol. The van der Waals surface area contributed by atoms with Gasteiger partial charge in [-0.3, -0.25) is 4.79 Å². The van der Waals surface area contributed by atoms with Crippen molar-refractivity contribution in [1.29, 1.82) is 5.26 Å². The van der Waals surface area contributed by atoms with E-state index in [1.54, 1.807) is 17.4 Å². The molecule has 0 radical (unpaired) electrons. The highest BCUT2D eigenvalue weighted by Crippen LogP contribution is 2.35. The van der Waals surface area contributed by atoms with Gasteiger partial charge in [0.25, 0.3) is 5.56 Å². The molecular formula is C21H19N3OS. The van der Waals surface area contributed by atoms with Crippen LogP contribution in [-0.2, 0) is 12.8 Å². The van der Waals surface area contributed by atoms with Gasteiger partial charge in [0.05, 0.1) is 11.0 Å². The van der Waals surface area contributed by atoms with Crippen LogP contribution in [0.5, 0.6) is 0 Å². The molecule has 0 amide bonds. The van der Waals surface area contributed by atoms with Crippen LogP contribution in [0.1, 0.15) is 40.7 Å². The van der Waals surface area contributed by atoms with Gasteiger partial charge in [-0.2, -0.15) is 5.26 Å². The predicted molar refractivity (Wildman–Crippen MR) is 106 cm³/mol. The zero-order chi connectivity index (χ0) is 18.3. The van der Waals surface area contributed by atoms with Crippen LogP contribution in [-0.4, -0.2) is 9.97 Å². The Morgan fingerprint density at radius 1 is 1.46 bits per heavy atom. The predicted octanol–water partition coefficient (Wildman–Crippen LogP) is 4.48. The van der Waals surface area contributed by atoms with Gasteiger partial charge in [0.1, 0.15) is 10.9 Å². The molecule has 0 bridgehead atoms. The standard InChI is InChI=1S/C21H19N3OS/c1-12-4-3-5-14(8-12)10-15(11-22)19-23-20(25)18-16-7-6-13(2)9-17(16)26-21(18)24-19/h3-5,8,10,13H,6-7,9H2,1-2H3,(H,23,24,25)/b15-10-/t13-/m1/s1. The van der Waals surface area contributed by atoms with Crippen LogP contribution in [0.3, 0.4) is 0 Å². The fourth-order valence-electron chi connectivity index (χ4n) is 3.56. The van der Waals surface area contributed by atoms with E-state index in [9.17, 15) is 10.1 Å². The second kappa shape index (κ2) is 6.54. The Morgan fingerprint density at radius 3 is 3.08 bits per heavy atom. The Kier molecular flexibility index (Phi) is 4.21. The number of aromatic amines is 1.